The van der Waals surface area contributed by atoms with Crippen molar-refractivity contribution in [1.82, 2.24) is 4.90 Å². The van der Waals surface area contributed by atoms with Gasteiger partial charge in [-0.05, 0) is 6.42 Å². The van der Waals surface area contributed by atoms with Crippen LogP contribution >= 0.6 is 11.8 Å². The van der Waals surface area contributed by atoms with E-state index in [0.717, 1.165) is 6.42 Å². The average Bonchev–Trinajstić information content (AvgIpc) is 2.74. The van der Waals surface area contributed by atoms with Crippen molar-refractivity contribution in [2.24, 2.45) is 5.73 Å². The number of nitrogens with two attached hydrogens (primary N) is 1. The number of hydrogen-bond acceptors (Lipinski definition) is 6. The number of likely N-dealkylation sites (tertiary alicyclic amines) is 1. The predicted molar refractivity (Wildman–Crippen MR) is 63.3 cm³/mol. The second-order valence-electron chi connectivity index (χ2n) is 3.69. The molecule has 1 unspecified atom stereocenters. The van der Waals surface area contributed by atoms with Gasteiger partial charge in [-0.2, -0.15) is 0 Å². The molecule has 0 aromatic rings. The summed E-state index contributed by atoms with van der Waals surface area (Å²) in [5.74, 6) is -0.360. The maximum Gasteiger partial charge on any atom is 0.323 e. The SMILES string of the molecule is COC(=O)C(N)CSCC(=O)N1CCCC1=O. The van der Waals surface area contributed by atoms with Crippen molar-refractivity contribution < 1.29 is 19.1 Å². The van der Waals surface area contributed by atoms with Crippen LogP contribution in [0.4, 0.5) is 0 Å². The molecule has 0 spiro atoms. The zero-order valence-electron chi connectivity index (χ0n) is 9.68. The zero-order chi connectivity index (χ0) is 12.8. The first-order valence-electron chi connectivity index (χ1n) is 5.30. The summed E-state index contributed by atoms with van der Waals surface area (Å²) in [5.41, 5.74) is 5.51. The van der Waals surface area contributed by atoms with Crippen molar-refractivity contribution in [2.75, 3.05) is 25.2 Å². The van der Waals surface area contributed by atoms with Crippen molar-refractivity contribution in [3.63, 3.8) is 0 Å². The summed E-state index contributed by atoms with van der Waals surface area (Å²) in [7, 11) is 1.26. The van der Waals surface area contributed by atoms with Crippen LogP contribution in [0.15, 0.2) is 0 Å². The highest BCUT2D eigenvalue weighted by atomic mass is 32.2. The second kappa shape index (κ2) is 6.61. The van der Waals surface area contributed by atoms with Crippen LogP contribution in [-0.4, -0.2) is 53.9 Å². The van der Waals surface area contributed by atoms with Crippen LogP contribution in [0, 0.1) is 0 Å². The Labute approximate surface area is 104 Å². The van der Waals surface area contributed by atoms with Crippen molar-refractivity contribution in [1.29, 1.82) is 0 Å². The van der Waals surface area contributed by atoms with E-state index < -0.39 is 12.0 Å². The lowest BCUT2D eigenvalue weighted by molar-refractivity contribution is -0.142. The number of rotatable bonds is 5. The minimum absolute atomic E-state index is 0.118. The van der Waals surface area contributed by atoms with Crippen molar-refractivity contribution >= 4 is 29.5 Å². The fraction of sp³-hybridized carbons (Fsp3) is 0.700. The minimum Gasteiger partial charge on any atom is -0.468 e. The Hall–Kier alpha value is -1.08. The van der Waals surface area contributed by atoms with Gasteiger partial charge in [0.2, 0.25) is 11.8 Å². The minimum atomic E-state index is -0.730. The van der Waals surface area contributed by atoms with Gasteiger partial charge in [-0.25, -0.2) is 0 Å². The second-order valence-corrected chi connectivity index (χ2v) is 4.72. The normalized spacial score (nSPS) is 17.1. The standard InChI is InChI=1S/C10H16N2O4S/c1-16-10(15)7(11)5-17-6-9(14)12-4-2-3-8(12)13/h7H,2-6,11H2,1H3. The van der Waals surface area contributed by atoms with Gasteiger partial charge in [0.05, 0.1) is 12.9 Å². The third kappa shape index (κ3) is 4.01. The molecule has 1 saturated heterocycles. The van der Waals surface area contributed by atoms with E-state index in [1.165, 1.54) is 23.8 Å². The van der Waals surface area contributed by atoms with E-state index >= 15 is 0 Å². The molecule has 17 heavy (non-hydrogen) atoms. The number of esters is 1. The Bertz CT molecular complexity index is 321. The molecule has 2 amide bonds. The van der Waals surface area contributed by atoms with E-state index in [9.17, 15) is 14.4 Å². The molecule has 0 aromatic heterocycles. The van der Waals surface area contributed by atoms with Crippen LogP contribution in [0.25, 0.3) is 0 Å². The van der Waals surface area contributed by atoms with E-state index in [2.05, 4.69) is 4.74 Å². The van der Waals surface area contributed by atoms with Gasteiger partial charge in [-0.1, -0.05) is 0 Å². The third-order valence-electron chi connectivity index (χ3n) is 2.40. The van der Waals surface area contributed by atoms with E-state index in [-0.39, 0.29) is 17.6 Å². The Morgan fingerprint density at radius 1 is 1.59 bits per heavy atom. The Kier molecular flexibility index (Phi) is 5.43. The summed E-state index contributed by atoms with van der Waals surface area (Å²) in [6, 6.07) is -0.730. The van der Waals surface area contributed by atoms with E-state index in [1.54, 1.807) is 0 Å². The van der Waals surface area contributed by atoms with Gasteiger partial charge in [0, 0.05) is 18.7 Å². The fourth-order valence-corrected chi connectivity index (χ4v) is 2.32. The quantitative estimate of drug-likeness (QED) is 0.662. The molecule has 0 bridgehead atoms. The lowest BCUT2D eigenvalue weighted by Crippen LogP contribution is -2.36. The summed E-state index contributed by atoms with van der Waals surface area (Å²) >= 11 is 1.23. The van der Waals surface area contributed by atoms with Crippen LogP contribution in [0.2, 0.25) is 0 Å². The molecule has 7 heteroatoms. The van der Waals surface area contributed by atoms with Crippen LogP contribution in [0.3, 0.4) is 0 Å². The highest BCUT2D eigenvalue weighted by molar-refractivity contribution is 8.00. The van der Waals surface area contributed by atoms with Crippen molar-refractivity contribution in [3.05, 3.63) is 0 Å². The number of carbonyl (C=O) groups excluding carboxylic acids is 3. The monoisotopic (exact) mass is 260 g/mol. The maximum absolute atomic E-state index is 11.6. The van der Waals surface area contributed by atoms with Crippen molar-refractivity contribution in [2.45, 2.75) is 18.9 Å². The first-order valence-corrected chi connectivity index (χ1v) is 6.46. The van der Waals surface area contributed by atoms with Gasteiger partial charge >= 0.3 is 5.97 Å². The molecule has 1 fully saturated rings. The Morgan fingerprint density at radius 3 is 2.82 bits per heavy atom. The summed E-state index contributed by atoms with van der Waals surface area (Å²) in [5, 5.41) is 0. The largest absolute Gasteiger partial charge is 0.468 e. The molecule has 6 nitrogen and oxygen atoms in total. The number of hydrogen-bond donors (Lipinski definition) is 1. The number of ether oxygens (including phenoxy) is 1. The summed E-state index contributed by atoms with van der Waals surface area (Å²) < 4.78 is 4.46. The molecule has 1 heterocycles. The first kappa shape index (κ1) is 14.0. The molecule has 1 aliphatic heterocycles. The zero-order valence-corrected chi connectivity index (χ0v) is 10.5. The van der Waals surface area contributed by atoms with Crippen LogP contribution in [-0.2, 0) is 19.1 Å². The number of nitrogens with zero attached hydrogens (tertiary/aromatic N) is 1. The van der Waals surface area contributed by atoms with Gasteiger partial charge < -0.3 is 10.5 Å². The van der Waals surface area contributed by atoms with Crippen LogP contribution < -0.4 is 5.73 Å². The van der Waals surface area contributed by atoms with Crippen LogP contribution in [0.5, 0.6) is 0 Å². The molecule has 0 saturated carbocycles. The number of methoxy groups -OCH3 is 1. The molecule has 1 aliphatic rings. The molecular formula is C10H16N2O4S. The highest BCUT2D eigenvalue weighted by Gasteiger charge is 2.26. The number of amides is 2. The topological polar surface area (TPSA) is 89.7 Å². The number of thioether (sulfide) groups is 1. The lowest BCUT2D eigenvalue weighted by atomic mass is 10.4. The van der Waals surface area contributed by atoms with E-state index in [1.807, 2.05) is 0 Å². The van der Waals surface area contributed by atoms with Gasteiger partial charge in [-0.3, -0.25) is 19.3 Å². The fourth-order valence-electron chi connectivity index (χ4n) is 1.48. The molecule has 1 rings (SSSR count). The van der Waals surface area contributed by atoms with E-state index in [4.69, 9.17) is 5.73 Å². The van der Waals surface area contributed by atoms with E-state index in [0.29, 0.717) is 18.7 Å². The molecule has 2 N–H and O–H groups in total. The van der Waals surface area contributed by atoms with Crippen molar-refractivity contribution in [3.8, 4) is 0 Å². The van der Waals surface area contributed by atoms with Gasteiger partial charge in [0.25, 0.3) is 0 Å². The van der Waals surface area contributed by atoms with Crippen LogP contribution in [0.1, 0.15) is 12.8 Å². The van der Waals surface area contributed by atoms with Gasteiger partial charge in [0.15, 0.2) is 0 Å². The molecule has 96 valence electrons. The molecule has 0 aliphatic carbocycles. The summed E-state index contributed by atoms with van der Waals surface area (Å²) in [6.45, 7) is 0.501. The summed E-state index contributed by atoms with van der Waals surface area (Å²) in [6.07, 6.45) is 1.18. The Morgan fingerprint density at radius 2 is 2.29 bits per heavy atom. The number of carbonyl (C=O) groups is 3. The smallest absolute Gasteiger partial charge is 0.323 e. The average molecular weight is 260 g/mol. The maximum atomic E-state index is 11.6. The number of imide groups is 1. The molecular weight excluding hydrogens is 244 g/mol. The van der Waals surface area contributed by atoms with Gasteiger partial charge in [-0.15, -0.1) is 11.8 Å². The first-order chi connectivity index (χ1) is 8.06. The summed E-state index contributed by atoms with van der Waals surface area (Å²) in [4.78, 5) is 35.1. The third-order valence-corrected chi connectivity index (χ3v) is 3.45. The molecule has 0 radical (unpaired) electrons. The Balaban J connectivity index is 2.24. The predicted octanol–water partition coefficient (Wildman–Crippen LogP) is -0.631. The highest BCUT2D eigenvalue weighted by Crippen LogP contribution is 2.12. The molecule has 0 aromatic carbocycles. The van der Waals surface area contributed by atoms with Gasteiger partial charge in [0.1, 0.15) is 6.04 Å². The lowest BCUT2D eigenvalue weighted by Gasteiger charge is -2.13. The molecule has 1 atom stereocenters.